The van der Waals surface area contributed by atoms with E-state index in [1.807, 2.05) is 25.1 Å². The van der Waals surface area contributed by atoms with Gasteiger partial charge in [0, 0.05) is 17.4 Å². The van der Waals surface area contributed by atoms with E-state index in [4.69, 9.17) is 0 Å². The highest BCUT2D eigenvalue weighted by Crippen LogP contribution is 2.27. The molecular formula is C24H21N3O3S. The second kappa shape index (κ2) is 8.65. The van der Waals surface area contributed by atoms with Gasteiger partial charge in [-0.1, -0.05) is 48.5 Å². The first-order valence-corrected chi connectivity index (χ1v) is 10.7. The largest absolute Gasteiger partial charge is 0.325 e. The molecule has 0 saturated carbocycles. The first kappa shape index (κ1) is 20.7. The molecule has 4 rings (SSSR count). The number of nitrogens with zero attached hydrogens (tertiary/aromatic N) is 2. The van der Waals surface area contributed by atoms with Crippen LogP contribution in [0.2, 0.25) is 0 Å². The van der Waals surface area contributed by atoms with Gasteiger partial charge in [0.1, 0.15) is 0 Å². The summed E-state index contributed by atoms with van der Waals surface area (Å²) in [6.45, 7) is 3.54. The van der Waals surface area contributed by atoms with Crippen LogP contribution < -0.4 is 5.32 Å². The Hall–Kier alpha value is -3.58. The second-order valence-corrected chi connectivity index (χ2v) is 8.53. The third-order valence-corrected chi connectivity index (χ3v) is 6.41. The number of hydrogen-bond acceptors (Lipinski definition) is 5. The predicted octanol–water partition coefficient (Wildman–Crippen LogP) is 5.59. The van der Waals surface area contributed by atoms with Crippen LogP contribution in [0, 0.1) is 24.0 Å². The molecule has 0 radical (unpaired) electrons. The normalized spacial score (nSPS) is 10.9. The highest BCUT2D eigenvalue weighted by molar-refractivity contribution is 7.11. The summed E-state index contributed by atoms with van der Waals surface area (Å²) in [5, 5.41) is 17.3. The van der Waals surface area contributed by atoms with Gasteiger partial charge in [0.15, 0.2) is 0 Å². The van der Waals surface area contributed by atoms with Gasteiger partial charge in [0.2, 0.25) is 5.91 Å². The third-order valence-electron chi connectivity index (χ3n) is 5.26. The summed E-state index contributed by atoms with van der Waals surface area (Å²) in [4.78, 5) is 28.9. The van der Waals surface area contributed by atoms with Crippen LogP contribution in [0.3, 0.4) is 0 Å². The molecule has 1 N–H and O–H groups in total. The summed E-state index contributed by atoms with van der Waals surface area (Å²) in [6, 6.07) is 19.2. The Kier molecular flexibility index (Phi) is 5.77. The van der Waals surface area contributed by atoms with Gasteiger partial charge in [0.25, 0.3) is 5.69 Å². The minimum atomic E-state index is -0.447. The zero-order valence-electron chi connectivity index (χ0n) is 17.2. The number of amides is 1. The van der Waals surface area contributed by atoms with Crippen LogP contribution in [0.1, 0.15) is 26.7 Å². The number of aryl methyl sites for hydroxylation is 1. The standard InChI is InChI=1S/C24H21N3O3S/c1-15-20(11-6-12-21(15)27(29)30)26-23(28)14-22-16(2)25-24(31-22)13-18-9-5-8-17-7-3-4-10-19(17)18/h3-12H,13-14H2,1-2H3,(H,26,28). The third kappa shape index (κ3) is 4.46. The average molecular weight is 432 g/mol. The van der Waals surface area contributed by atoms with E-state index in [-0.39, 0.29) is 18.0 Å². The number of hydrogen-bond donors (Lipinski definition) is 1. The Morgan fingerprint density at radius 3 is 2.61 bits per heavy atom. The SMILES string of the molecule is Cc1nc(Cc2cccc3ccccc23)sc1CC(=O)Nc1cccc([N+](=O)[O-])c1C. The van der Waals surface area contributed by atoms with E-state index in [1.54, 1.807) is 19.1 Å². The zero-order valence-corrected chi connectivity index (χ0v) is 18.0. The summed E-state index contributed by atoms with van der Waals surface area (Å²) >= 11 is 1.53. The van der Waals surface area contributed by atoms with Gasteiger partial charge in [-0.15, -0.1) is 11.3 Å². The topological polar surface area (TPSA) is 85.1 Å². The minimum Gasteiger partial charge on any atom is -0.325 e. The average Bonchev–Trinajstić information content (AvgIpc) is 3.08. The number of nitrogens with one attached hydrogen (secondary N) is 1. The summed E-state index contributed by atoms with van der Waals surface area (Å²) in [5.74, 6) is -0.216. The molecule has 0 aliphatic rings. The maximum atomic E-state index is 12.6. The van der Waals surface area contributed by atoms with Crippen molar-refractivity contribution in [1.82, 2.24) is 4.98 Å². The van der Waals surface area contributed by atoms with Crippen LogP contribution in [-0.4, -0.2) is 15.8 Å². The first-order chi connectivity index (χ1) is 14.9. The van der Waals surface area contributed by atoms with Crippen LogP contribution in [0.4, 0.5) is 11.4 Å². The summed E-state index contributed by atoms with van der Waals surface area (Å²) < 4.78 is 0. The van der Waals surface area contributed by atoms with E-state index in [1.165, 1.54) is 33.7 Å². The Balaban J connectivity index is 1.50. The highest BCUT2D eigenvalue weighted by Gasteiger charge is 2.17. The van der Waals surface area contributed by atoms with Crippen molar-refractivity contribution in [3.8, 4) is 0 Å². The lowest BCUT2D eigenvalue weighted by Gasteiger charge is -2.08. The number of benzene rings is 3. The smallest absolute Gasteiger partial charge is 0.274 e. The molecule has 3 aromatic carbocycles. The van der Waals surface area contributed by atoms with E-state index >= 15 is 0 Å². The lowest BCUT2D eigenvalue weighted by molar-refractivity contribution is -0.385. The molecule has 7 heteroatoms. The molecular weight excluding hydrogens is 410 g/mol. The van der Waals surface area contributed by atoms with Crippen molar-refractivity contribution < 1.29 is 9.72 Å². The Morgan fingerprint density at radius 1 is 1.06 bits per heavy atom. The fourth-order valence-electron chi connectivity index (χ4n) is 3.63. The minimum absolute atomic E-state index is 0.0101. The molecule has 0 bridgehead atoms. The molecule has 0 aliphatic carbocycles. The molecule has 0 spiro atoms. The van der Waals surface area contributed by atoms with Crippen molar-refractivity contribution in [3.63, 3.8) is 0 Å². The van der Waals surface area contributed by atoms with Crippen molar-refractivity contribution in [1.29, 1.82) is 0 Å². The monoisotopic (exact) mass is 431 g/mol. The second-order valence-electron chi connectivity index (χ2n) is 7.36. The quantitative estimate of drug-likeness (QED) is 0.318. The number of thiazole rings is 1. The number of rotatable bonds is 6. The lowest BCUT2D eigenvalue weighted by atomic mass is 10.0. The van der Waals surface area contributed by atoms with Gasteiger partial charge in [-0.25, -0.2) is 4.98 Å². The number of fused-ring (bicyclic) bond motifs is 1. The van der Waals surface area contributed by atoms with Crippen molar-refractivity contribution in [2.45, 2.75) is 26.7 Å². The zero-order chi connectivity index (χ0) is 22.0. The predicted molar refractivity (Wildman–Crippen MR) is 124 cm³/mol. The van der Waals surface area contributed by atoms with Crippen LogP contribution >= 0.6 is 11.3 Å². The molecule has 4 aromatic rings. The molecule has 0 aliphatic heterocycles. The maximum absolute atomic E-state index is 12.6. The summed E-state index contributed by atoms with van der Waals surface area (Å²) in [6.07, 6.45) is 0.889. The van der Waals surface area contributed by atoms with Gasteiger partial charge in [-0.3, -0.25) is 14.9 Å². The molecule has 156 valence electrons. The summed E-state index contributed by atoms with van der Waals surface area (Å²) in [5.41, 5.74) is 2.93. The number of aromatic nitrogens is 1. The fourth-order valence-corrected chi connectivity index (χ4v) is 4.73. The van der Waals surface area contributed by atoms with Crippen molar-refractivity contribution in [2.24, 2.45) is 0 Å². The molecule has 0 fully saturated rings. The number of carbonyl (C=O) groups excluding carboxylic acids is 1. The van der Waals surface area contributed by atoms with Gasteiger partial charge < -0.3 is 5.32 Å². The molecule has 0 saturated heterocycles. The molecule has 1 amide bonds. The van der Waals surface area contributed by atoms with Gasteiger partial charge in [-0.05, 0) is 36.2 Å². The van der Waals surface area contributed by atoms with E-state index < -0.39 is 4.92 Å². The number of nitro benzene ring substituents is 1. The van der Waals surface area contributed by atoms with Crippen LogP contribution in [0.5, 0.6) is 0 Å². The van der Waals surface area contributed by atoms with Gasteiger partial charge in [0.05, 0.1) is 33.3 Å². The number of anilines is 1. The molecule has 1 aromatic heterocycles. The molecule has 0 unspecified atom stereocenters. The lowest BCUT2D eigenvalue weighted by Crippen LogP contribution is -2.15. The molecule has 1 heterocycles. The van der Waals surface area contributed by atoms with Crippen LogP contribution in [0.15, 0.2) is 60.7 Å². The van der Waals surface area contributed by atoms with Crippen molar-refractivity contribution in [3.05, 3.63) is 97.5 Å². The number of carbonyl (C=O) groups is 1. The summed E-state index contributed by atoms with van der Waals surface area (Å²) in [7, 11) is 0. The van der Waals surface area contributed by atoms with Gasteiger partial charge >= 0.3 is 0 Å². The molecule has 6 nitrogen and oxygen atoms in total. The van der Waals surface area contributed by atoms with E-state index in [2.05, 4.69) is 34.6 Å². The van der Waals surface area contributed by atoms with Gasteiger partial charge in [-0.2, -0.15) is 0 Å². The molecule has 0 atom stereocenters. The fraction of sp³-hybridized carbons (Fsp3) is 0.167. The van der Waals surface area contributed by atoms with Crippen LogP contribution in [0.25, 0.3) is 10.8 Å². The Bertz CT molecular complexity index is 1290. The van der Waals surface area contributed by atoms with Crippen LogP contribution in [-0.2, 0) is 17.6 Å². The Labute approximate surface area is 183 Å². The Morgan fingerprint density at radius 2 is 1.81 bits per heavy atom. The van der Waals surface area contributed by atoms with Crippen molar-refractivity contribution in [2.75, 3.05) is 5.32 Å². The van der Waals surface area contributed by atoms with E-state index in [9.17, 15) is 14.9 Å². The van der Waals surface area contributed by atoms with E-state index in [0.717, 1.165) is 15.6 Å². The van der Waals surface area contributed by atoms with E-state index in [0.29, 0.717) is 17.7 Å². The molecule has 31 heavy (non-hydrogen) atoms. The number of nitro groups is 1. The highest BCUT2D eigenvalue weighted by atomic mass is 32.1. The maximum Gasteiger partial charge on any atom is 0.274 e. The van der Waals surface area contributed by atoms with Crippen molar-refractivity contribution >= 4 is 39.4 Å². The first-order valence-electron chi connectivity index (χ1n) is 9.88.